The SMILES string of the molecule is CC(C)n1cnnc1SCCCc1nc(-c2cccs2)no1. The van der Waals surface area contributed by atoms with Crippen molar-refractivity contribution >= 4 is 23.1 Å². The third-order valence-corrected chi connectivity index (χ3v) is 4.98. The molecule has 3 heterocycles. The normalized spacial score (nSPS) is 11.4. The Morgan fingerprint density at radius 2 is 2.32 bits per heavy atom. The zero-order chi connectivity index (χ0) is 15.4. The highest BCUT2D eigenvalue weighted by Crippen LogP contribution is 2.23. The monoisotopic (exact) mass is 335 g/mol. The molecule has 0 spiro atoms. The fourth-order valence-corrected chi connectivity index (χ4v) is 3.57. The number of aromatic nitrogens is 5. The number of hydrogen-bond acceptors (Lipinski definition) is 7. The number of thioether (sulfide) groups is 1. The minimum Gasteiger partial charge on any atom is -0.339 e. The lowest BCUT2D eigenvalue weighted by Gasteiger charge is -2.08. The molecule has 0 amide bonds. The Balaban J connectivity index is 1.48. The summed E-state index contributed by atoms with van der Waals surface area (Å²) in [4.78, 5) is 5.46. The number of aryl methyl sites for hydroxylation is 1. The largest absolute Gasteiger partial charge is 0.339 e. The second kappa shape index (κ2) is 7.06. The van der Waals surface area contributed by atoms with Crippen molar-refractivity contribution < 1.29 is 4.52 Å². The van der Waals surface area contributed by atoms with Gasteiger partial charge in [0.2, 0.25) is 11.7 Å². The van der Waals surface area contributed by atoms with Crippen LogP contribution in [0.4, 0.5) is 0 Å². The lowest BCUT2D eigenvalue weighted by Crippen LogP contribution is -2.01. The van der Waals surface area contributed by atoms with Crippen LogP contribution in [-0.2, 0) is 6.42 Å². The molecule has 0 atom stereocenters. The first-order valence-corrected chi connectivity index (χ1v) is 8.99. The predicted octanol–water partition coefficient (Wildman–Crippen LogP) is 3.70. The second-order valence-electron chi connectivity index (χ2n) is 5.06. The van der Waals surface area contributed by atoms with Crippen molar-refractivity contribution in [2.45, 2.75) is 37.9 Å². The molecule has 0 N–H and O–H groups in total. The Morgan fingerprint density at radius 3 is 3.09 bits per heavy atom. The van der Waals surface area contributed by atoms with E-state index in [2.05, 4.69) is 38.8 Å². The summed E-state index contributed by atoms with van der Waals surface area (Å²) in [5.41, 5.74) is 0. The van der Waals surface area contributed by atoms with Crippen LogP contribution in [0.1, 0.15) is 32.2 Å². The van der Waals surface area contributed by atoms with Crippen LogP contribution < -0.4 is 0 Å². The molecule has 0 aromatic carbocycles. The van der Waals surface area contributed by atoms with Crippen LogP contribution in [0.25, 0.3) is 10.7 Å². The topological polar surface area (TPSA) is 69.6 Å². The maximum Gasteiger partial charge on any atom is 0.227 e. The lowest BCUT2D eigenvalue weighted by atomic mass is 10.3. The van der Waals surface area contributed by atoms with Crippen LogP contribution in [0.3, 0.4) is 0 Å². The van der Waals surface area contributed by atoms with Gasteiger partial charge in [0, 0.05) is 18.2 Å². The molecule has 0 bridgehead atoms. The van der Waals surface area contributed by atoms with Gasteiger partial charge in [-0.2, -0.15) is 4.98 Å². The molecule has 3 rings (SSSR count). The summed E-state index contributed by atoms with van der Waals surface area (Å²) in [7, 11) is 0. The Hall–Kier alpha value is -1.67. The molecule has 0 aliphatic carbocycles. The van der Waals surface area contributed by atoms with Crippen LogP contribution in [0.15, 0.2) is 33.5 Å². The molecule has 0 radical (unpaired) electrons. The molecule has 116 valence electrons. The van der Waals surface area contributed by atoms with E-state index in [0.717, 1.165) is 28.6 Å². The van der Waals surface area contributed by atoms with E-state index in [1.807, 2.05) is 17.5 Å². The summed E-state index contributed by atoms with van der Waals surface area (Å²) in [5, 5.41) is 15.1. The maximum atomic E-state index is 5.29. The quantitative estimate of drug-likeness (QED) is 0.484. The summed E-state index contributed by atoms with van der Waals surface area (Å²) in [6, 6.07) is 4.35. The van der Waals surface area contributed by atoms with Crippen molar-refractivity contribution in [2.75, 3.05) is 5.75 Å². The van der Waals surface area contributed by atoms with Crippen molar-refractivity contribution in [1.82, 2.24) is 24.9 Å². The summed E-state index contributed by atoms with van der Waals surface area (Å²) in [6.07, 6.45) is 3.52. The van der Waals surface area contributed by atoms with Crippen LogP contribution in [0.2, 0.25) is 0 Å². The standard InChI is InChI=1S/C14H17N5OS2/c1-10(2)19-9-15-17-14(19)22-8-4-6-12-16-13(18-20-12)11-5-3-7-21-11/h3,5,7,9-10H,4,6,8H2,1-2H3. The van der Waals surface area contributed by atoms with E-state index in [4.69, 9.17) is 4.52 Å². The molecule has 0 saturated heterocycles. The van der Waals surface area contributed by atoms with Gasteiger partial charge in [0.15, 0.2) is 5.16 Å². The number of thiophene rings is 1. The van der Waals surface area contributed by atoms with Gasteiger partial charge in [0.05, 0.1) is 4.88 Å². The highest BCUT2D eigenvalue weighted by molar-refractivity contribution is 7.99. The van der Waals surface area contributed by atoms with Crippen LogP contribution >= 0.6 is 23.1 Å². The molecular weight excluding hydrogens is 318 g/mol. The molecule has 3 aromatic rings. The molecule has 0 aliphatic heterocycles. The van der Waals surface area contributed by atoms with E-state index in [-0.39, 0.29) is 0 Å². The molecule has 6 nitrogen and oxygen atoms in total. The Morgan fingerprint density at radius 1 is 1.41 bits per heavy atom. The van der Waals surface area contributed by atoms with Crippen molar-refractivity contribution in [1.29, 1.82) is 0 Å². The minimum absolute atomic E-state index is 0.377. The van der Waals surface area contributed by atoms with Gasteiger partial charge in [0.25, 0.3) is 0 Å². The lowest BCUT2D eigenvalue weighted by molar-refractivity contribution is 0.378. The Labute approximate surface area is 137 Å². The van der Waals surface area contributed by atoms with E-state index >= 15 is 0 Å². The second-order valence-corrected chi connectivity index (χ2v) is 7.07. The Kier molecular flexibility index (Phi) is 4.89. The average molecular weight is 335 g/mol. The van der Waals surface area contributed by atoms with Gasteiger partial charge in [-0.25, -0.2) is 0 Å². The smallest absolute Gasteiger partial charge is 0.227 e. The zero-order valence-corrected chi connectivity index (χ0v) is 14.1. The molecule has 8 heteroatoms. The molecular formula is C14H17N5OS2. The molecule has 0 saturated carbocycles. The van der Waals surface area contributed by atoms with Gasteiger partial charge in [-0.1, -0.05) is 23.0 Å². The van der Waals surface area contributed by atoms with Gasteiger partial charge in [-0.15, -0.1) is 21.5 Å². The third-order valence-electron chi connectivity index (χ3n) is 3.07. The highest BCUT2D eigenvalue weighted by Gasteiger charge is 2.10. The number of rotatable bonds is 7. The first-order valence-electron chi connectivity index (χ1n) is 7.13. The summed E-state index contributed by atoms with van der Waals surface area (Å²) < 4.78 is 7.37. The maximum absolute atomic E-state index is 5.29. The summed E-state index contributed by atoms with van der Waals surface area (Å²) in [6.45, 7) is 4.25. The van der Waals surface area contributed by atoms with Gasteiger partial charge in [-0.05, 0) is 31.7 Å². The molecule has 0 aliphatic rings. The predicted molar refractivity (Wildman–Crippen MR) is 87.1 cm³/mol. The molecule has 0 unspecified atom stereocenters. The van der Waals surface area contributed by atoms with E-state index in [0.29, 0.717) is 17.8 Å². The van der Waals surface area contributed by atoms with Gasteiger partial charge in [0.1, 0.15) is 6.33 Å². The van der Waals surface area contributed by atoms with E-state index in [1.54, 1.807) is 29.4 Å². The van der Waals surface area contributed by atoms with E-state index < -0.39 is 0 Å². The van der Waals surface area contributed by atoms with Gasteiger partial charge in [-0.3, -0.25) is 0 Å². The molecule has 0 fully saturated rings. The zero-order valence-electron chi connectivity index (χ0n) is 12.5. The van der Waals surface area contributed by atoms with E-state index in [1.165, 1.54) is 0 Å². The van der Waals surface area contributed by atoms with Crippen molar-refractivity contribution in [3.8, 4) is 10.7 Å². The fourth-order valence-electron chi connectivity index (χ4n) is 1.94. The minimum atomic E-state index is 0.377. The van der Waals surface area contributed by atoms with Gasteiger partial charge >= 0.3 is 0 Å². The molecule has 22 heavy (non-hydrogen) atoms. The van der Waals surface area contributed by atoms with Gasteiger partial charge < -0.3 is 9.09 Å². The van der Waals surface area contributed by atoms with Crippen molar-refractivity contribution in [3.05, 3.63) is 29.7 Å². The highest BCUT2D eigenvalue weighted by atomic mass is 32.2. The van der Waals surface area contributed by atoms with Crippen LogP contribution in [-0.4, -0.2) is 30.7 Å². The van der Waals surface area contributed by atoms with Crippen LogP contribution in [0.5, 0.6) is 0 Å². The van der Waals surface area contributed by atoms with E-state index in [9.17, 15) is 0 Å². The van der Waals surface area contributed by atoms with Crippen LogP contribution in [0, 0.1) is 0 Å². The Bertz CT molecular complexity index is 704. The first kappa shape index (κ1) is 15.2. The average Bonchev–Trinajstić information content (AvgIpc) is 3.22. The van der Waals surface area contributed by atoms with Crippen molar-refractivity contribution in [3.63, 3.8) is 0 Å². The summed E-state index contributed by atoms with van der Waals surface area (Å²) in [5.74, 6) is 2.31. The third kappa shape index (κ3) is 3.56. The first-order chi connectivity index (χ1) is 10.7. The summed E-state index contributed by atoms with van der Waals surface area (Å²) >= 11 is 3.32. The fraction of sp³-hybridized carbons (Fsp3) is 0.429. The van der Waals surface area contributed by atoms with Crippen molar-refractivity contribution in [2.24, 2.45) is 0 Å². The number of nitrogens with zero attached hydrogens (tertiary/aromatic N) is 5. The molecule has 3 aromatic heterocycles. The number of hydrogen-bond donors (Lipinski definition) is 0.